The van der Waals surface area contributed by atoms with Crippen molar-refractivity contribution in [1.82, 2.24) is 24.9 Å². The maximum absolute atomic E-state index is 12.7. The summed E-state index contributed by atoms with van der Waals surface area (Å²) in [5.74, 6) is 0.954. The van der Waals surface area contributed by atoms with E-state index >= 15 is 0 Å². The van der Waals surface area contributed by atoms with Gasteiger partial charge in [-0.1, -0.05) is 0 Å². The third-order valence-corrected chi connectivity index (χ3v) is 4.33. The van der Waals surface area contributed by atoms with Crippen LogP contribution in [0.5, 0.6) is 0 Å². The minimum atomic E-state index is -0.223. The van der Waals surface area contributed by atoms with Crippen LogP contribution < -0.4 is 5.32 Å². The molecule has 0 aromatic carbocycles. The summed E-state index contributed by atoms with van der Waals surface area (Å²) in [6.07, 6.45) is 3.86. The molecule has 1 aliphatic heterocycles. The molecule has 1 fully saturated rings. The van der Waals surface area contributed by atoms with Crippen LogP contribution in [0.4, 0.5) is 0 Å². The van der Waals surface area contributed by atoms with Crippen LogP contribution in [0, 0.1) is 6.92 Å². The van der Waals surface area contributed by atoms with Crippen LogP contribution in [0.2, 0.25) is 0 Å². The summed E-state index contributed by atoms with van der Waals surface area (Å²) in [5, 5.41) is 7.61. The molecule has 1 N–H and O–H groups in total. The van der Waals surface area contributed by atoms with Gasteiger partial charge in [-0.2, -0.15) is 5.10 Å². The molecule has 0 spiro atoms. The average Bonchev–Trinajstić information content (AvgIpc) is 2.89. The fourth-order valence-electron chi connectivity index (χ4n) is 3.59. The van der Waals surface area contributed by atoms with E-state index in [0.29, 0.717) is 13.1 Å². The van der Waals surface area contributed by atoms with Crippen LogP contribution in [0.1, 0.15) is 40.2 Å². The molecule has 2 rings (SSSR count). The number of hydrogen-bond donors (Lipinski definition) is 1. The van der Waals surface area contributed by atoms with Gasteiger partial charge in [0.15, 0.2) is 5.96 Å². The molecule has 148 valence electrons. The highest BCUT2D eigenvalue weighted by molar-refractivity contribution is 14.0. The Balaban J connectivity index is 0.00000338. The van der Waals surface area contributed by atoms with Crippen molar-refractivity contribution in [2.75, 3.05) is 26.2 Å². The lowest BCUT2D eigenvalue weighted by molar-refractivity contribution is -0.145. The number of amides is 1. The molecule has 2 heterocycles. The number of carbonyl (C=O) groups excluding carboxylic acids is 1. The molecule has 1 saturated heterocycles. The minimum Gasteiger partial charge on any atom is -0.357 e. The Morgan fingerprint density at radius 2 is 2.12 bits per heavy atom. The van der Waals surface area contributed by atoms with Crippen LogP contribution in [-0.4, -0.2) is 69.2 Å². The minimum absolute atomic E-state index is 0. The summed E-state index contributed by atoms with van der Waals surface area (Å²) in [7, 11) is 0. The fraction of sp³-hybridized carbons (Fsp3) is 0.722. The van der Waals surface area contributed by atoms with Gasteiger partial charge in [0.1, 0.15) is 0 Å². The van der Waals surface area contributed by atoms with Gasteiger partial charge in [0.25, 0.3) is 0 Å². The normalized spacial score (nSPS) is 17.5. The van der Waals surface area contributed by atoms with E-state index in [4.69, 9.17) is 4.99 Å². The number of hydrogen-bond acceptors (Lipinski definition) is 3. The highest BCUT2D eigenvalue weighted by Gasteiger charge is 2.40. The number of aliphatic imine (C=N–C) groups is 1. The molecule has 0 atom stereocenters. The van der Waals surface area contributed by atoms with Gasteiger partial charge in [0, 0.05) is 25.3 Å². The van der Waals surface area contributed by atoms with Crippen molar-refractivity contribution in [1.29, 1.82) is 0 Å². The Bertz CT molecular complexity index is 625. The van der Waals surface area contributed by atoms with E-state index < -0.39 is 0 Å². The number of nitrogens with zero attached hydrogens (tertiary/aromatic N) is 5. The van der Waals surface area contributed by atoms with Gasteiger partial charge < -0.3 is 15.1 Å². The Kier molecular flexibility index (Phi) is 8.36. The van der Waals surface area contributed by atoms with Crippen molar-refractivity contribution in [2.45, 2.75) is 59.7 Å². The van der Waals surface area contributed by atoms with E-state index in [1.165, 1.54) is 0 Å². The lowest BCUT2D eigenvalue weighted by Gasteiger charge is -2.49. The predicted octanol–water partition coefficient (Wildman–Crippen LogP) is 2.11. The summed E-state index contributed by atoms with van der Waals surface area (Å²) in [6, 6.07) is 0.201. The number of carbonyl (C=O) groups is 1. The first-order chi connectivity index (χ1) is 11.7. The molecule has 8 heteroatoms. The zero-order valence-electron chi connectivity index (χ0n) is 16.8. The molecule has 26 heavy (non-hydrogen) atoms. The van der Waals surface area contributed by atoms with Crippen LogP contribution in [0.25, 0.3) is 0 Å². The van der Waals surface area contributed by atoms with Gasteiger partial charge in [-0.05, 0) is 47.1 Å². The average molecular weight is 476 g/mol. The van der Waals surface area contributed by atoms with Crippen molar-refractivity contribution in [3.63, 3.8) is 0 Å². The van der Waals surface area contributed by atoms with Crippen LogP contribution in [0.3, 0.4) is 0 Å². The van der Waals surface area contributed by atoms with Crippen molar-refractivity contribution < 1.29 is 4.79 Å². The number of piperazine rings is 1. The number of halogens is 1. The maximum atomic E-state index is 12.7. The Labute approximate surface area is 174 Å². The summed E-state index contributed by atoms with van der Waals surface area (Å²) in [5.41, 5.74) is 0.923. The molecular formula is C18H33IN6O. The first-order valence-corrected chi connectivity index (χ1v) is 9.09. The molecule has 0 aliphatic carbocycles. The second-order valence-corrected chi connectivity index (χ2v) is 7.54. The summed E-state index contributed by atoms with van der Waals surface area (Å²) >= 11 is 0. The monoisotopic (exact) mass is 476 g/mol. The Hall–Kier alpha value is -1.32. The molecule has 1 aromatic heterocycles. The van der Waals surface area contributed by atoms with Crippen molar-refractivity contribution in [3.8, 4) is 0 Å². The van der Waals surface area contributed by atoms with Gasteiger partial charge in [-0.3, -0.25) is 14.5 Å². The van der Waals surface area contributed by atoms with E-state index in [9.17, 15) is 4.79 Å². The van der Waals surface area contributed by atoms with Crippen LogP contribution in [0.15, 0.2) is 17.4 Å². The largest absolute Gasteiger partial charge is 0.357 e. The van der Waals surface area contributed by atoms with E-state index in [2.05, 4.69) is 43.0 Å². The van der Waals surface area contributed by atoms with Gasteiger partial charge in [0.2, 0.25) is 5.91 Å². The Morgan fingerprint density at radius 3 is 2.62 bits per heavy atom. The van der Waals surface area contributed by atoms with Crippen LogP contribution >= 0.6 is 24.0 Å². The molecule has 1 aromatic rings. The van der Waals surface area contributed by atoms with Gasteiger partial charge in [-0.25, -0.2) is 0 Å². The number of aromatic nitrogens is 2. The molecule has 0 bridgehead atoms. The fourth-order valence-corrected chi connectivity index (χ4v) is 3.59. The van der Waals surface area contributed by atoms with E-state index in [1.54, 1.807) is 0 Å². The lowest BCUT2D eigenvalue weighted by Crippen LogP contribution is -2.66. The van der Waals surface area contributed by atoms with Crippen molar-refractivity contribution in [3.05, 3.63) is 18.0 Å². The lowest BCUT2D eigenvalue weighted by atomic mass is 9.96. The van der Waals surface area contributed by atoms with Gasteiger partial charge in [-0.15, -0.1) is 24.0 Å². The van der Waals surface area contributed by atoms with Crippen LogP contribution in [-0.2, 0) is 11.3 Å². The molecule has 0 saturated carbocycles. The van der Waals surface area contributed by atoms with Gasteiger partial charge in [0.05, 0.1) is 31.4 Å². The van der Waals surface area contributed by atoms with E-state index in [-0.39, 0.29) is 41.5 Å². The summed E-state index contributed by atoms with van der Waals surface area (Å²) in [6.45, 7) is 15.7. The highest BCUT2D eigenvalue weighted by Crippen LogP contribution is 2.24. The maximum Gasteiger partial charge on any atom is 0.242 e. The SMILES string of the molecule is CCNC(=NCCn1cc(C)cn1)N1CC(=O)N(C(C)C)C(C)(C)C1.I. The first kappa shape index (κ1) is 22.7. The standard InChI is InChI=1S/C18H32N6O.HI/c1-7-19-17(20-8-9-23-11-15(4)10-21-23)22-12-16(25)24(14(2)3)18(5,6)13-22;/h10-11,14H,7-9,12-13H2,1-6H3,(H,19,20);1H. The number of aryl methyl sites for hydroxylation is 1. The zero-order chi connectivity index (χ0) is 18.6. The topological polar surface area (TPSA) is 65.8 Å². The quantitative estimate of drug-likeness (QED) is 0.402. The van der Waals surface area contributed by atoms with Gasteiger partial charge >= 0.3 is 0 Å². The Morgan fingerprint density at radius 1 is 1.42 bits per heavy atom. The number of nitrogens with one attached hydrogen (secondary N) is 1. The number of rotatable bonds is 5. The van der Waals surface area contributed by atoms with E-state index in [0.717, 1.165) is 31.2 Å². The predicted molar refractivity (Wildman–Crippen MR) is 116 cm³/mol. The first-order valence-electron chi connectivity index (χ1n) is 9.09. The molecule has 0 unspecified atom stereocenters. The third kappa shape index (κ3) is 5.59. The third-order valence-electron chi connectivity index (χ3n) is 4.33. The second kappa shape index (κ2) is 9.57. The molecule has 1 amide bonds. The molecular weight excluding hydrogens is 443 g/mol. The smallest absolute Gasteiger partial charge is 0.242 e. The number of guanidine groups is 1. The zero-order valence-corrected chi connectivity index (χ0v) is 19.2. The summed E-state index contributed by atoms with van der Waals surface area (Å²) in [4.78, 5) is 21.4. The molecule has 1 aliphatic rings. The second-order valence-electron chi connectivity index (χ2n) is 7.54. The molecule has 7 nitrogen and oxygen atoms in total. The van der Waals surface area contributed by atoms with E-state index in [1.807, 2.05) is 35.8 Å². The summed E-state index contributed by atoms with van der Waals surface area (Å²) < 4.78 is 1.90. The molecule has 0 radical (unpaired) electrons. The highest BCUT2D eigenvalue weighted by atomic mass is 127. The van der Waals surface area contributed by atoms with Crippen molar-refractivity contribution >= 4 is 35.8 Å². The van der Waals surface area contributed by atoms with Crippen molar-refractivity contribution in [2.24, 2.45) is 4.99 Å².